The number of aromatic nitrogens is 2. The van der Waals surface area contributed by atoms with Gasteiger partial charge in [0.15, 0.2) is 0 Å². The quantitative estimate of drug-likeness (QED) is 0.851. The highest BCUT2D eigenvalue weighted by atomic mass is 35.5. The van der Waals surface area contributed by atoms with E-state index >= 15 is 0 Å². The monoisotopic (exact) mass is 253 g/mol. The first-order chi connectivity index (χ1) is 7.70. The van der Waals surface area contributed by atoms with Crippen molar-refractivity contribution in [3.63, 3.8) is 0 Å². The first-order valence-corrected chi connectivity index (χ1v) is 5.43. The largest absolute Gasteiger partial charge is 0.365 e. The molecular weight excluding hydrogens is 245 g/mol. The summed E-state index contributed by atoms with van der Waals surface area (Å²) in [7, 11) is 0. The summed E-state index contributed by atoms with van der Waals surface area (Å²) < 4.78 is 0. The maximum atomic E-state index is 5.91. The molecule has 1 N–H and O–H groups in total. The number of rotatable bonds is 3. The summed E-state index contributed by atoms with van der Waals surface area (Å²) in [5, 5.41) is 4.01. The molecule has 0 fully saturated rings. The molecule has 3 nitrogen and oxygen atoms in total. The van der Waals surface area contributed by atoms with Crippen LogP contribution in [0.5, 0.6) is 0 Å². The molecule has 0 amide bonds. The van der Waals surface area contributed by atoms with Gasteiger partial charge in [-0.25, -0.2) is 4.98 Å². The molecule has 0 saturated carbocycles. The van der Waals surface area contributed by atoms with Crippen molar-refractivity contribution in [2.75, 3.05) is 11.9 Å². The molecule has 82 valence electrons. The Bertz CT molecular complexity index is 540. The van der Waals surface area contributed by atoms with Gasteiger partial charge in [0.1, 0.15) is 5.82 Å². The summed E-state index contributed by atoms with van der Waals surface area (Å²) in [6.07, 6.45) is 3.40. The van der Waals surface area contributed by atoms with Crippen LogP contribution in [0, 0.1) is 0 Å². The van der Waals surface area contributed by atoms with E-state index in [0.29, 0.717) is 27.9 Å². The van der Waals surface area contributed by atoms with Crippen LogP contribution in [-0.2, 0) is 0 Å². The number of fused-ring (bicyclic) bond motifs is 1. The molecule has 0 saturated heterocycles. The third-order valence-corrected chi connectivity index (χ3v) is 2.73. The fourth-order valence-corrected chi connectivity index (χ4v) is 1.59. The van der Waals surface area contributed by atoms with Gasteiger partial charge in [-0.1, -0.05) is 29.3 Å². The molecule has 0 spiro atoms. The minimum atomic E-state index is 0.476. The lowest BCUT2D eigenvalue weighted by molar-refractivity contribution is 1.22. The smallest absolute Gasteiger partial charge is 0.145 e. The van der Waals surface area contributed by atoms with E-state index in [-0.39, 0.29) is 0 Å². The first-order valence-electron chi connectivity index (χ1n) is 4.67. The molecule has 0 aliphatic carbocycles. The van der Waals surface area contributed by atoms with E-state index in [1.165, 1.54) is 0 Å². The standard InChI is InChI=1S/C11H9Cl2N3/c1-2-3-14-11-6-15-9-4-7(12)8(13)5-10(9)16-11/h2,4-6H,1,3H2,(H,14,16). The highest BCUT2D eigenvalue weighted by Gasteiger charge is 2.04. The van der Waals surface area contributed by atoms with Gasteiger partial charge in [0.05, 0.1) is 27.3 Å². The van der Waals surface area contributed by atoms with Crippen LogP contribution < -0.4 is 5.32 Å². The van der Waals surface area contributed by atoms with E-state index in [9.17, 15) is 0 Å². The average molecular weight is 254 g/mol. The molecule has 5 heteroatoms. The number of halogens is 2. The van der Waals surface area contributed by atoms with Crippen LogP contribution in [0.3, 0.4) is 0 Å². The summed E-state index contributed by atoms with van der Waals surface area (Å²) in [5.74, 6) is 0.686. The predicted octanol–water partition coefficient (Wildman–Crippen LogP) is 3.53. The molecule has 0 bridgehead atoms. The lowest BCUT2D eigenvalue weighted by atomic mass is 10.3. The highest BCUT2D eigenvalue weighted by molar-refractivity contribution is 6.42. The van der Waals surface area contributed by atoms with Crippen LogP contribution in [0.25, 0.3) is 11.0 Å². The van der Waals surface area contributed by atoms with Crippen molar-refractivity contribution in [3.05, 3.63) is 41.0 Å². The van der Waals surface area contributed by atoms with Crippen LogP contribution in [0.1, 0.15) is 0 Å². The zero-order chi connectivity index (χ0) is 11.5. The fraction of sp³-hybridized carbons (Fsp3) is 0.0909. The minimum absolute atomic E-state index is 0.476. The lowest BCUT2D eigenvalue weighted by Gasteiger charge is -2.04. The molecule has 1 aromatic carbocycles. The predicted molar refractivity (Wildman–Crippen MR) is 68.2 cm³/mol. The number of hydrogen-bond acceptors (Lipinski definition) is 3. The van der Waals surface area contributed by atoms with Crippen LogP contribution in [0.4, 0.5) is 5.82 Å². The Morgan fingerprint density at radius 2 is 1.94 bits per heavy atom. The van der Waals surface area contributed by atoms with Crippen molar-refractivity contribution in [2.45, 2.75) is 0 Å². The number of nitrogens with zero attached hydrogens (tertiary/aromatic N) is 2. The number of nitrogens with one attached hydrogen (secondary N) is 1. The SMILES string of the molecule is C=CCNc1cnc2cc(Cl)c(Cl)cc2n1. The summed E-state index contributed by atoms with van der Waals surface area (Å²) >= 11 is 11.8. The second-order valence-corrected chi connectivity index (χ2v) is 3.99. The van der Waals surface area contributed by atoms with Crippen molar-refractivity contribution in [1.29, 1.82) is 0 Å². The molecule has 1 aromatic heterocycles. The Morgan fingerprint density at radius 3 is 2.62 bits per heavy atom. The van der Waals surface area contributed by atoms with Gasteiger partial charge in [0, 0.05) is 6.54 Å². The molecule has 1 heterocycles. The van der Waals surface area contributed by atoms with Crippen molar-refractivity contribution in [2.24, 2.45) is 0 Å². The van der Waals surface area contributed by atoms with Gasteiger partial charge in [0.25, 0.3) is 0 Å². The van der Waals surface area contributed by atoms with Crippen molar-refractivity contribution >= 4 is 40.1 Å². The van der Waals surface area contributed by atoms with E-state index in [1.807, 2.05) is 0 Å². The second kappa shape index (κ2) is 4.68. The Kier molecular flexibility index (Phi) is 3.27. The van der Waals surface area contributed by atoms with Crippen molar-refractivity contribution in [3.8, 4) is 0 Å². The average Bonchev–Trinajstić information content (AvgIpc) is 2.28. The summed E-state index contributed by atoms with van der Waals surface area (Å²) in [5.41, 5.74) is 1.43. The van der Waals surface area contributed by atoms with E-state index in [1.54, 1.807) is 24.4 Å². The molecule has 0 radical (unpaired) electrons. The molecule has 0 atom stereocenters. The van der Waals surface area contributed by atoms with Crippen LogP contribution >= 0.6 is 23.2 Å². The van der Waals surface area contributed by atoms with Gasteiger partial charge in [-0.2, -0.15) is 0 Å². The second-order valence-electron chi connectivity index (χ2n) is 3.18. The van der Waals surface area contributed by atoms with Crippen LogP contribution in [0.15, 0.2) is 31.0 Å². The van der Waals surface area contributed by atoms with E-state index in [4.69, 9.17) is 23.2 Å². The first kappa shape index (κ1) is 11.2. The summed E-state index contributed by atoms with van der Waals surface area (Å²) in [6, 6.07) is 3.40. The van der Waals surface area contributed by atoms with Crippen molar-refractivity contribution < 1.29 is 0 Å². The van der Waals surface area contributed by atoms with Gasteiger partial charge in [0.2, 0.25) is 0 Å². The molecule has 0 unspecified atom stereocenters. The highest BCUT2D eigenvalue weighted by Crippen LogP contribution is 2.26. The fourth-order valence-electron chi connectivity index (χ4n) is 1.27. The van der Waals surface area contributed by atoms with E-state index < -0.39 is 0 Å². The Hall–Kier alpha value is -1.32. The molecule has 0 aliphatic heterocycles. The topological polar surface area (TPSA) is 37.8 Å². The van der Waals surface area contributed by atoms with Gasteiger partial charge in [-0.3, -0.25) is 4.98 Å². The van der Waals surface area contributed by atoms with Crippen LogP contribution in [0.2, 0.25) is 10.0 Å². The Labute approximate surface area is 103 Å². The maximum Gasteiger partial charge on any atom is 0.145 e. The van der Waals surface area contributed by atoms with E-state index in [0.717, 1.165) is 5.52 Å². The maximum absolute atomic E-state index is 5.91. The summed E-state index contributed by atoms with van der Waals surface area (Å²) in [6.45, 7) is 4.25. The zero-order valence-corrected chi connectivity index (χ0v) is 9.89. The number of anilines is 1. The Morgan fingerprint density at radius 1 is 1.25 bits per heavy atom. The normalized spacial score (nSPS) is 10.4. The van der Waals surface area contributed by atoms with Gasteiger partial charge < -0.3 is 5.32 Å². The summed E-state index contributed by atoms with van der Waals surface area (Å²) in [4.78, 5) is 8.58. The van der Waals surface area contributed by atoms with Crippen LogP contribution in [-0.4, -0.2) is 16.5 Å². The molecular formula is C11H9Cl2N3. The molecule has 2 rings (SSSR count). The number of benzene rings is 1. The lowest BCUT2D eigenvalue weighted by Crippen LogP contribution is -2.00. The molecule has 2 aromatic rings. The third-order valence-electron chi connectivity index (χ3n) is 2.01. The van der Waals surface area contributed by atoms with Crippen molar-refractivity contribution in [1.82, 2.24) is 9.97 Å². The van der Waals surface area contributed by atoms with Gasteiger partial charge in [-0.15, -0.1) is 6.58 Å². The zero-order valence-electron chi connectivity index (χ0n) is 8.37. The number of hydrogen-bond donors (Lipinski definition) is 1. The molecule has 0 aliphatic rings. The van der Waals surface area contributed by atoms with Gasteiger partial charge in [-0.05, 0) is 12.1 Å². The van der Waals surface area contributed by atoms with E-state index in [2.05, 4.69) is 21.9 Å². The van der Waals surface area contributed by atoms with Gasteiger partial charge >= 0.3 is 0 Å². The third kappa shape index (κ3) is 2.26. The Balaban J connectivity index is 2.45. The minimum Gasteiger partial charge on any atom is -0.365 e. The molecule has 16 heavy (non-hydrogen) atoms.